The molecule has 0 N–H and O–H groups in total. The fraction of sp³-hybridized carbons (Fsp3) is 0.455. The normalized spacial score (nSPS) is 23.4. The van der Waals surface area contributed by atoms with Crippen molar-refractivity contribution in [1.29, 1.82) is 0 Å². The Bertz CT molecular complexity index is 722. The zero-order chi connectivity index (χ0) is 19.3. The quantitative estimate of drug-likeness (QED) is 0.529. The third kappa shape index (κ3) is 5.94. The number of thiophene rings is 1. The van der Waals surface area contributed by atoms with Crippen molar-refractivity contribution in [2.75, 3.05) is 0 Å². The highest BCUT2D eigenvalue weighted by Gasteiger charge is 2.18. The molecule has 6 radical (unpaired) electrons. The first-order valence-corrected chi connectivity index (χ1v) is 10.2. The van der Waals surface area contributed by atoms with Gasteiger partial charge < -0.3 is 0 Å². The van der Waals surface area contributed by atoms with Gasteiger partial charge in [-0.25, -0.2) is 0 Å². The van der Waals surface area contributed by atoms with E-state index in [1.165, 1.54) is 46.5 Å². The summed E-state index contributed by atoms with van der Waals surface area (Å²) in [5.41, 5.74) is 5.86. The third-order valence-electron chi connectivity index (χ3n) is 5.40. The van der Waals surface area contributed by atoms with Gasteiger partial charge in [0.15, 0.2) is 0 Å². The molecule has 1 heterocycles. The van der Waals surface area contributed by atoms with Gasteiger partial charge in [0.05, 0.1) is 7.85 Å². The van der Waals surface area contributed by atoms with E-state index in [4.69, 9.17) is 23.5 Å². The molecule has 0 spiro atoms. The Kier molecular flexibility index (Phi) is 7.89. The van der Waals surface area contributed by atoms with Crippen LogP contribution in [0.1, 0.15) is 58.3 Å². The molecule has 0 aromatic carbocycles. The van der Waals surface area contributed by atoms with Gasteiger partial charge in [-0.15, -0.1) is 0 Å². The van der Waals surface area contributed by atoms with Crippen LogP contribution < -0.4 is 10.2 Å². The largest absolute Gasteiger partial charge is 0.153 e. The van der Waals surface area contributed by atoms with E-state index in [2.05, 4.69) is 52.0 Å². The van der Waals surface area contributed by atoms with Crippen molar-refractivity contribution in [2.45, 2.75) is 59.2 Å². The molecule has 0 saturated heterocycles. The second-order valence-corrected chi connectivity index (χ2v) is 8.59. The van der Waals surface area contributed by atoms with Crippen LogP contribution in [0.2, 0.25) is 5.82 Å². The van der Waals surface area contributed by atoms with Crippen LogP contribution in [0.3, 0.4) is 0 Å². The lowest BCUT2D eigenvalue weighted by Crippen LogP contribution is -2.18. The Morgan fingerprint density at radius 1 is 0.923 bits per heavy atom. The van der Waals surface area contributed by atoms with E-state index in [0.29, 0.717) is 22.0 Å². The highest BCUT2D eigenvalue weighted by molar-refractivity contribution is 7.22. The van der Waals surface area contributed by atoms with Gasteiger partial charge in [-0.1, -0.05) is 64.8 Å². The summed E-state index contributed by atoms with van der Waals surface area (Å²) in [6, 6.07) is 1.94. The first-order valence-electron chi connectivity index (χ1n) is 9.39. The van der Waals surface area contributed by atoms with E-state index in [0.717, 1.165) is 17.7 Å². The summed E-state index contributed by atoms with van der Waals surface area (Å²) in [6.07, 6.45) is 13.6. The minimum absolute atomic E-state index is 0.408. The monoisotopic (exact) mass is 356 g/mol. The van der Waals surface area contributed by atoms with Gasteiger partial charge in [0, 0.05) is 4.88 Å². The van der Waals surface area contributed by atoms with Gasteiger partial charge in [0.2, 0.25) is 0 Å². The maximum absolute atomic E-state index is 6.01. The SMILES string of the molecule is [B]c1cc(/C(C)=C/C=C(C)/C(C)=C/C=C(\C)C2CCC([B])CC2)sc1[B]. The molecule has 1 saturated carbocycles. The van der Waals surface area contributed by atoms with E-state index in [1.807, 2.05) is 6.07 Å². The van der Waals surface area contributed by atoms with Crippen molar-refractivity contribution in [1.82, 2.24) is 0 Å². The third-order valence-corrected chi connectivity index (χ3v) is 6.51. The van der Waals surface area contributed by atoms with Crippen LogP contribution in [0, 0.1) is 5.92 Å². The maximum atomic E-state index is 6.01. The molecule has 4 heteroatoms. The second-order valence-electron chi connectivity index (χ2n) is 7.50. The van der Waals surface area contributed by atoms with E-state index < -0.39 is 0 Å². The van der Waals surface area contributed by atoms with Crippen LogP contribution in [0.5, 0.6) is 0 Å². The Morgan fingerprint density at radius 2 is 1.50 bits per heavy atom. The van der Waals surface area contributed by atoms with Crippen LogP contribution in [-0.2, 0) is 0 Å². The summed E-state index contributed by atoms with van der Waals surface area (Å²) in [4.78, 5) is 1.12. The minimum atomic E-state index is 0.408. The molecule has 1 aromatic rings. The van der Waals surface area contributed by atoms with Crippen molar-refractivity contribution >= 4 is 50.7 Å². The van der Waals surface area contributed by atoms with Gasteiger partial charge in [-0.05, 0) is 63.2 Å². The molecule has 0 atom stereocenters. The summed E-state index contributed by atoms with van der Waals surface area (Å²) in [5, 5.41) is 0. The average Bonchev–Trinajstić information content (AvgIpc) is 2.96. The highest BCUT2D eigenvalue weighted by atomic mass is 32.1. The molecule has 1 fully saturated rings. The predicted molar refractivity (Wildman–Crippen MR) is 121 cm³/mol. The molecule has 0 nitrogen and oxygen atoms in total. The van der Waals surface area contributed by atoms with Gasteiger partial charge in [0.25, 0.3) is 0 Å². The molecular formula is C22H27B3S. The van der Waals surface area contributed by atoms with E-state index in [-0.39, 0.29) is 0 Å². The van der Waals surface area contributed by atoms with Crippen LogP contribution in [0.25, 0.3) is 5.57 Å². The lowest BCUT2D eigenvalue weighted by molar-refractivity contribution is 0.403. The van der Waals surface area contributed by atoms with Crippen molar-refractivity contribution in [2.24, 2.45) is 5.92 Å². The summed E-state index contributed by atoms with van der Waals surface area (Å²) in [7, 11) is 17.7. The first-order chi connectivity index (χ1) is 12.3. The minimum Gasteiger partial charge on any atom is -0.153 e. The summed E-state index contributed by atoms with van der Waals surface area (Å²) >= 11 is 1.53. The molecule has 0 aliphatic heterocycles. The molecule has 2 rings (SSSR count). The molecule has 0 bridgehead atoms. The molecule has 130 valence electrons. The second kappa shape index (κ2) is 9.69. The van der Waals surface area contributed by atoms with Gasteiger partial charge in [0.1, 0.15) is 15.7 Å². The van der Waals surface area contributed by atoms with Crippen molar-refractivity contribution < 1.29 is 0 Å². The van der Waals surface area contributed by atoms with Crippen molar-refractivity contribution in [3.8, 4) is 0 Å². The van der Waals surface area contributed by atoms with E-state index in [9.17, 15) is 0 Å². The number of hydrogen-bond donors (Lipinski definition) is 0. The first kappa shape index (κ1) is 21.2. The fourth-order valence-corrected chi connectivity index (χ4v) is 4.00. The topological polar surface area (TPSA) is 0 Å². The van der Waals surface area contributed by atoms with Crippen molar-refractivity contribution in [3.63, 3.8) is 0 Å². The van der Waals surface area contributed by atoms with Crippen molar-refractivity contribution in [3.05, 3.63) is 52.0 Å². The Balaban J connectivity index is 2.03. The fourth-order valence-electron chi connectivity index (χ4n) is 3.18. The lowest BCUT2D eigenvalue weighted by Gasteiger charge is -2.27. The van der Waals surface area contributed by atoms with Gasteiger partial charge in [-0.3, -0.25) is 0 Å². The highest BCUT2D eigenvalue weighted by Crippen LogP contribution is 2.34. The maximum Gasteiger partial charge on any atom is 0.128 e. The predicted octanol–water partition coefficient (Wildman–Crippen LogP) is 4.73. The zero-order valence-electron chi connectivity index (χ0n) is 16.5. The van der Waals surface area contributed by atoms with Crippen LogP contribution in [0.15, 0.2) is 47.1 Å². The van der Waals surface area contributed by atoms with E-state index in [1.54, 1.807) is 0 Å². The van der Waals surface area contributed by atoms with Gasteiger partial charge in [-0.2, -0.15) is 11.3 Å². The van der Waals surface area contributed by atoms with Crippen LogP contribution >= 0.6 is 11.3 Å². The van der Waals surface area contributed by atoms with Crippen LogP contribution in [0.4, 0.5) is 0 Å². The summed E-state index contributed by atoms with van der Waals surface area (Å²) in [6.45, 7) is 8.65. The number of rotatable bonds is 5. The Hall–Kier alpha value is -1.15. The smallest absolute Gasteiger partial charge is 0.128 e. The number of hydrogen-bond acceptors (Lipinski definition) is 1. The molecule has 0 unspecified atom stereocenters. The molecule has 26 heavy (non-hydrogen) atoms. The molecular weight excluding hydrogens is 329 g/mol. The Morgan fingerprint density at radius 3 is 2.04 bits per heavy atom. The van der Waals surface area contributed by atoms with Gasteiger partial charge >= 0.3 is 0 Å². The zero-order valence-corrected chi connectivity index (χ0v) is 17.3. The standard InChI is InChI=1S/C22H27B3S/c1-14(5-7-16(3)18-9-11-19(23)12-10-18)15(2)6-8-17(4)21-13-20(24)22(25)26-21/h5-8,13,18-19H,9-12H2,1-4H3/b14-5+,15-6+,16-7+,17-8+. The molecule has 1 aromatic heterocycles. The Labute approximate surface area is 167 Å². The molecule has 1 aliphatic carbocycles. The summed E-state index contributed by atoms with van der Waals surface area (Å²) in [5.74, 6) is 1.10. The number of allylic oxidation sites excluding steroid dienone is 8. The molecule has 0 amide bonds. The average molecular weight is 356 g/mol. The lowest BCUT2D eigenvalue weighted by atomic mass is 9.70. The van der Waals surface area contributed by atoms with E-state index >= 15 is 0 Å². The van der Waals surface area contributed by atoms with Crippen LogP contribution in [-0.4, -0.2) is 23.5 Å². The molecule has 1 aliphatic rings. The summed E-state index contributed by atoms with van der Waals surface area (Å²) < 4.78 is 0.689.